The molecule has 4 rings (SSSR count). The van der Waals surface area contributed by atoms with Crippen LogP contribution in [0.1, 0.15) is 48.3 Å². The number of amides is 2. The molecule has 1 aliphatic heterocycles. The molecule has 3 aromatic rings. The van der Waals surface area contributed by atoms with E-state index < -0.39 is 0 Å². The molecule has 1 heterocycles. The number of hydrogen-bond donors (Lipinski definition) is 2. The Kier molecular flexibility index (Phi) is 7.00. The molecular weight excluding hydrogens is 396 g/mol. The molecule has 2 amide bonds. The lowest BCUT2D eigenvalue weighted by atomic mass is 9.85. The summed E-state index contributed by atoms with van der Waals surface area (Å²) in [4.78, 5) is 24.8. The van der Waals surface area contributed by atoms with Crippen LogP contribution in [-0.2, 0) is 16.0 Å². The van der Waals surface area contributed by atoms with E-state index in [0.29, 0.717) is 25.8 Å². The van der Waals surface area contributed by atoms with E-state index in [2.05, 4.69) is 47.0 Å². The van der Waals surface area contributed by atoms with Gasteiger partial charge in [-0.2, -0.15) is 0 Å². The second-order valence-electron chi connectivity index (χ2n) is 8.67. The van der Waals surface area contributed by atoms with Crippen molar-refractivity contribution in [2.24, 2.45) is 0 Å². The lowest BCUT2D eigenvalue weighted by molar-refractivity contribution is -0.122. The fourth-order valence-electron chi connectivity index (χ4n) is 4.62. The normalized spacial score (nSPS) is 17.8. The standard InChI is InChI=1S/C28H30N2O2/c31-26(16-18-28(19-17-27(32)30-28)20-22-10-4-1-5-11-22)29-21-25(23-12-6-2-7-13-23)24-14-8-3-9-15-24/h1-15,25H,16-21H2,(H,29,31)(H,30,32). The summed E-state index contributed by atoms with van der Waals surface area (Å²) in [7, 11) is 0. The number of carbonyl (C=O) groups is 2. The molecule has 0 radical (unpaired) electrons. The van der Waals surface area contributed by atoms with Gasteiger partial charge in [0.05, 0.1) is 0 Å². The number of rotatable bonds is 9. The topological polar surface area (TPSA) is 58.2 Å². The molecule has 1 aliphatic rings. The van der Waals surface area contributed by atoms with Gasteiger partial charge < -0.3 is 10.6 Å². The van der Waals surface area contributed by atoms with Crippen molar-refractivity contribution in [3.05, 3.63) is 108 Å². The molecule has 0 aliphatic carbocycles. The van der Waals surface area contributed by atoms with Crippen LogP contribution >= 0.6 is 0 Å². The Morgan fingerprint density at radius 2 is 1.44 bits per heavy atom. The summed E-state index contributed by atoms with van der Waals surface area (Å²) in [6.07, 6.45) is 3.08. The molecule has 0 aromatic heterocycles. The second kappa shape index (κ2) is 10.3. The summed E-state index contributed by atoms with van der Waals surface area (Å²) < 4.78 is 0. The van der Waals surface area contributed by atoms with Crippen LogP contribution in [-0.4, -0.2) is 23.9 Å². The van der Waals surface area contributed by atoms with Crippen molar-refractivity contribution in [1.82, 2.24) is 10.6 Å². The fraction of sp³-hybridized carbons (Fsp3) is 0.286. The number of nitrogens with one attached hydrogen (secondary N) is 2. The average molecular weight is 427 g/mol. The summed E-state index contributed by atoms with van der Waals surface area (Å²) in [5.41, 5.74) is 3.21. The maximum atomic E-state index is 12.8. The number of carbonyl (C=O) groups excluding carboxylic acids is 2. The smallest absolute Gasteiger partial charge is 0.220 e. The van der Waals surface area contributed by atoms with Crippen LogP contribution in [0.15, 0.2) is 91.0 Å². The van der Waals surface area contributed by atoms with Crippen LogP contribution in [0.2, 0.25) is 0 Å². The van der Waals surface area contributed by atoms with Crippen LogP contribution in [0.25, 0.3) is 0 Å². The third-order valence-corrected chi connectivity index (χ3v) is 6.36. The van der Waals surface area contributed by atoms with Crippen LogP contribution in [0, 0.1) is 0 Å². The van der Waals surface area contributed by atoms with Gasteiger partial charge in [0.1, 0.15) is 0 Å². The Bertz CT molecular complexity index is 982. The van der Waals surface area contributed by atoms with Crippen molar-refractivity contribution in [2.75, 3.05) is 6.54 Å². The molecule has 1 unspecified atom stereocenters. The van der Waals surface area contributed by atoms with Crippen LogP contribution in [0.4, 0.5) is 0 Å². The second-order valence-corrected chi connectivity index (χ2v) is 8.67. The summed E-state index contributed by atoms with van der Waals surface area (Å²) in [5, 5.41) is 6.31. The Morgan fingerprint density at radius 3 is 1.97 bits per heavy atom. The molecule has 1 saturated heterocycles. The van der Waals surface area contributed by atoms with Gasteiger partial charge in [0.2, 0.25) is 11.8 Å². The minimum absolute atomic E-state index is 0.0236. The highest BCUT2D eigenvalue weighted by atomic mass is 16.2. The average Bonchev–Trinajstić information content (AvgIpc) is 3.20. The predicted molar refractivity (Wildman–Crippen MR) is 127 cm³/mol. The quantitative estimate of drug-likeness (QED) is 0.525. The zero-order valence-corrected chi connectivity index (χ0v) is 18.3. The first kappa shape index (κ1) is 21.8. The van der Waals surface area contributed by atoms with Gasteiger partial charge in [0.25, 0.3) is 0 Å². The molecule has 164 valence electrons. The monoisotopic (exact) mass is 426 g/mol. The van der Waals surface area contributed by atoms with E-state index >= 15 is 0 Å². The van der Waals surface area contributed by atoms with E-state index in [1.54, 1.807) is 0 Å². The summed E-state index contributed by atoms with van der Waals surface area (Å²) in [5.74, 6) is 0.204. The molecule has 1 fully saturated rings. The van der Waals surface area contributed by atoms with Gasteiger partial charge >= 0.3 is 0 Å². The van der Waals surface area contributed by atoms with Crippen molar-refractivity contribution in [1.29, 1.82) is 0 Å². The third-order valence-electron chi connectivity index (χ3n) is 6.36. The van der Waals surface area contributed by atoms with Gasteiger partial charge in [-0.25, -0.2) is 0 Å². The SMILES string of the molecule is O=C(CCC1(Cc2ccccc2)CCC(=O)N1)NCC(c1ccccc1)c1ccccc1. The summed E-state index contributed by atoms with van der Waals surface area (Å²) >= 11 is 0. The molecule has 4 heteroatoms. The Balaban J connectivity index is 1.39. The molecular formula is C28H30N2O2. The van der Waals surface area contributed by atoms with Gasteiger partial charge in [-0.3, -0.25) is 9.59 Å². The van der Waals surface area contributed by atoms with Crippen molar-refractivity contribution in [3.63, 3.8) is 0 Å². The highest BCUT2D eigenvalue weighted by molar-refractivity contribution is 5.80. The zero-order valence-electron chi connectivity index (χ0n) is 18.3. The van der Waals surface area contributed by atoms with Crippen molar-refractivity contribution in [2.45, 2.75) is 43.6 Å². The maximum Gasteiger partial charge on any atom is 0.220 e. The fourth-order valence-corrected chi connectivity index (χ4v) is 4.62. The van der Waals surface area contributed by atoms with E-state index in [4.69, 9.17) is 0 Å². The van der Waals surface area contributed by atoms with E-state index in [1.807, 2.05) is 54.6 Å². The highest BCUT2D eigenvalue weighted by Gasteiger charge is 2.37. The van der Waals surface area contributed by atoms with Gasteiger partial charge in [-0.1, -0.05) is 91.0 Å². The largest absolute Gasteiger partial charge is 0.355 e. The van der Waals surface area contributed by atoms with Crippen molar-refractivity contribution >= 4 is 11.8 Å². The van der Waals surface area contributed by atoms with E-state index in [0.717, 1.165) is 12.8 Å². The van der Waals surface area contributed by atoms with E-state index in [-0.39, 0.29) is 23.3 Å². The van der Waals surface area contributed by atoms with E-state index in [9.17, 15) is 9.59 Å². The number of benzene rings is 3. The predicted octanol–water partition coefficient (Wildman–Crippen LogP) is 4.61. The Morgan fingerprint density at radius 1 is 0.875 bits per heavy atom. The zero-order chi connectivity index (χ0) is 22.2. The first-order valence-corrected chi connectivity index (χ1v) is 11.4. The maximum absolute atomic E-state index is 12.8. The summed E-state index contributed by atoms with van der Waals surface area (Å²) in [6.45, 7) is 0.547. The molecule has 3 aromatic carbocycles. The third kappa shape index (κ3) is 5.64. The Labute approximate surface area is 190 Å². The van der Waals surface area contributed by atoms with Crippen molar-refractivity contribution < 1.29 is 9.59 Å². The summed E-state index contributed by atoms with van der Waals surface area (Å²) in [6, 6.07) is 30.7. The minimum Gasteiger partial charge on any atom is -0.355 e. The Hall–Kier alpha value is -3.40. The first-order valence-electron chi connectivity index (χ1n) is 11.4. The molecule has 0 bridgehead atoms. The van der Waals surface area contributed by atoms with Crippen molar-refractivity contribution in [3.8, 4) is 0 Å². The van der Waals surface area contributed by atoms with Crippen LogP contribution in [0.3, 0.4) is 0 Å². The van der Waals surface area contributed by atoms with Gasteiger partial charge in [-0.15, -0.1) is 0 Å². The molecule has 2 N–H and O–H groups in total. The molecule has 0 saturated carbocycles. The first-order chi connectivity index (χ1) is 15.6. The lowest BCUT2D eigenvalue weighted by Crippen LogP contribution is -2.44. The molecule has 0 spiro atoms. The minimum atomic E-state index is -0.339. The highest BCUT2D eigenvalue weighted by Crippen LogP contribution is 2.30. The lowest BCUT2D eigenvalue weighted by Gasteiger charge is -2.29. The van der Waals surface area contributed by atoms with Gasteiger partial charge in [0, 0.05) is 30.8 Å². The number of hydrogen-bond acceptors (Lipinski definition) is 2. The molecule has 1 atom stereocenters. The van der Waals surface area contributed by atoms with Crippen LogP contribution in [0.5, 0.6) is 0 Å². The van der Waals surface area contributed by atoms with Gasteiger partial charge in [0.15, 0.2) is 0 Å². The molecule has 32 heavy (non-hydrogen) atoms. The van der Waals surface area contributed by atoms with Gasteiger partial charge in [-0.05, 0) is 36.0 Å². The van der Waals surface area contributed by atoms with Crippen LogP contribution < -0.4 is 10.6 Å². The molecule has 4 nitrogen and oxygen atoms in total. The van der Waals surface area contributed by atoms with E-state index in [1.165, 1.54) is 16.7 Å².